The summed E-state index contributed by atoms with van der Waals surface area (Å²) in [5.74, 6) is 0.509. The Kier molecular flexibility index (Phi) is 5.84. The number of amides is 1. The highest BCUT2D eigenvalue weighted by atomic mass is 35.5. The zero-order valence-electron chi connectivity index (χ0n) is 14.0. The van der Waals surface area contributed by atoms with Crippen molar-refractivity contribution in [1.82, 2.24) is 4.90 Å². The van der Waals surface area contributed by atoms with Crippen LogP contribution in [0.25, 0.3) is 0 Å². The molecule has 132 valence electrons. The first-order valence-corrected chi connectivity index (χ1v) is 8.92. The van der Waals surface area contributed by atoms with Crippen LogP contribution in [0.1, 0.15) is 18.4 Å². The van der Waals surface area contributed by atoms with Gasteiger partial charge in [0.15, 0.2) is 0 Å². The molecule has 2 aromatic carbocycles. The second kappa shape index (κ2) is 8.09. The zero-order chi connectivity index (χ0) is 17.8. The molecule has 0 heterocycles. The molecule has 1 aliphatic rings. The molecule has 0 spiro atoms. The Morgan fingerprint density at radius 3 is 2.48 bits per heavy atom. The Balaban J connectivity index is 1.65. The van der Waals surface area contributed by atoms with Crippen LogP contribution in [-0.2, 0) is 11.3 Å². The number of nitrogens with zero attached hydrogens (tertiary/aromatic N) is 1. The van der Waals surface area contributed by atoms with E-state index in [0.717, 1.165) is 24.9 Å². The van der Waals surface area contributed by atoms with E-state index >= 15 is 0 Å². The molecule has 0 saturated heterocycles. The summed E-state index contributed by atoms with van der Waals surface area (Å²) in [7, 11) is 1.57. The maximum Gasteiger partial charge on any atom is 0.238 e. The first-order chi connectivity index (χ1) is 12.0. The Morgan fingerprint density at radius 2 is 1.84 bits per heavy atom. The largest absolute Gasteiger partial charge is 0.495 e. The lowest BCUT2D eigenvalue weighted by Gasteiger charge is -2.22. The number of ether oxygens (including phenoxy) is 1. The third kappa shape index (κ3) is 5.11. The first kappa shape index (κ1) is 18.1. The lowest BCUT2D eigenvalue weighted by Crippen LogP contribution is -2.34. The quantitative estimate of drug-likeness (QED) is 0.764. The van der Waals surface area contributed by atoms with Gasteiger partial charge in [-0.25, -0.2) is 0 Å². The summed E-state index contributed by atoms with van der Waals surface area (Å²) < 4.78 is 5.27. The summed E-state index contributed by atoms with van der Waals surface area (Å²) in [4.78, 5) is 14.7. The summed E-state index contributed by atoms with van der Waals surface area (Å²) in [6, 6.07) is 13.4. The van der Waals surface area contributed by atoms with Gasteiger partial charge in [-0.3, -0.25) is 9.69 Å². The van der Waals surface area contributed by atoms with Gasteiger partial charge in [-0.1, -0.05) is 35.3 Å². The minimum absolute atomic E-state index is 0.0820. The monoisotopic (exact) mass is 378 g/mol. The summed E-state index contributed by atoms with van der Waals surface area (Å²) in [6.07, 6.45) is 2.25. The van der Waals surface area contributed by atoms with Crippen LogP contribution in [0.2, 0.25) is 10.0 Å². The van der Waals surface area contributed by atoms with E-state index in [1.165, 1.54) is 0 Å². The Hall–Kier alpha value is -1.75. The predicted octanol–water partition coefficient (Wildman–Crippen LogP) is 4.61. The highest BCUT2D eigenvalue weighted by Gasteiger charge is 2.30. The molecule has 0 radical (unpaired) electrons. The van der Waals surface area contributed by atoms with E-state index in [9.17, 15) is 4.79 Å². The Bertz CT molecular complexity index is 746. The molecule has 25 heavy (non-hydrogen) atoms. The van der Waals surface area contributed by atoms with Gasteiger partial charge in [0.2, 0.25) is 5.91 Å². The SMILES string of the molecule is COc1ccc(Cl)cc1NC(=O)CN(Cc1ccc(Cl)cc1)C1CC1. The van der Waals surface area contributed by atoms with E-state index in [-0.39, 0.29) is 5.91 Å². The molecule has 1 fully saturated rings. The molecular formula is C19H20Cl2N2O2. The van der Waals surface area contributed by atoms with Crippen molar-refractivity contribution in [3.05, 3.63) is 58.1 Å². The van der Waals surface area contributed by atoms with Gasteiger partial charge < -0.3 is 10.1 Å². The molecule has 2 aromatic rings. The second-order valence-corrected chi connectivity index (χ2v) is 7.03. The van der Waals surface area contributed by atoms with Crippen LogP contribution in [0, 0.1) is 0 Å². The van der Waals surface area contributed by atoms with E-state index in [1.54, 1.807) is 25.3 Å². The molecule has 6 heteroatoms. The second-order valence-electron chi connectivity index (χ2n) is 6.16. The van der Waals surface area contributed by atoms with Crippen LogP contribution < -0.4 is 10.1 Å². The average Bonchev–Trinajstić information content (AvgIpc) is 3.41. The fraction of sp³-hybridized carbons (Fsp3) is 0.316. The lowest BCUT2D eigenvalue weighted by molar-refractivity contribution is -0.117. The van der Waals surface area contributed by atoms with Crippen molar-refractivity contribution >= 4 is 34.8 Å². The molecule has 1 saturated carbocycles. The van der Waals surface area contributed by atoms with E-state index in [1.807, 2.05) is 24.3 Å². The van der Waals surface area contributed by atoms with E-state index in [0.29, 0.717) is 34.1 Å². The average molecular weight is 379 g/mol. The number of rotatable bonds is 7. The third-order valence-corrected chi connectivity index (χ3v) is 4.63. The summed E-state index contributed by atoms with van der Waals surface area (Å²) in [5, 5.41) is 4.17. The molecule has 1 amide bonds. The molecule has 0 bridgehead atoms. The number of nitrogens with one attached hydrogen (secondary N) is 1. The number of halogens is 2. The van der Waals surface area contributed by atoms with Gasteiger partial charge in [0, 0.05) is 22.6 Å². The number of benzene rings is 2. The standard InChI is InChI=1S/C19H20Cl2N2O2/c1-25-18-9-6-15(21)10-17(18)22-19(24)12-23(16-7-8-16)11-13-2-4-14(20)5-3-13/h2-6,9-10,16H,7-8,11-12H2,1H3,(H,22,24). The molecule has 0 aromatic heterocycles. The van der Waals surface area contributed by atoms with Crippen molar-refractivity contribution in [1.29, 1.82) is 0 Å². The van der Waals surface area contributed by atoms with E-state index < -0.39 is 0 Å². The van der Waals surface area contributed by atoms with Crippen LogP contribution >= 0.6 is 23.2 Å². The van der Waals surface area contributed by atoms with Gasteiger partial charge in [0.05, 0.1) is 19.3 Å². The predicted molar refractivity (Wildman–Crippen MR) is 102 cm³/mol. The third-order valence-electron chi connectivity index (χ3n) is 4.14. The summed E-state index contributed by atoms with van der Waals surface area (Å²) in [6.45, 7) is 1.05. The highest BCUT2D eigenvalue weighted by Crippen LogP contribution is 2.30. The molecular weight excluding hydrogens is 359 g/mol. The van der Waals surface area contributed by atoms with Gasteiger partial charge in [0.25, 0.3) is 0 Å². The molecule has 0 atom stereocenters. The van der Waals surface area contributed by atoms with Crippen LogP contribution in [0.4, 0.5) is 5.69 Å². The molecule has 0 unspecified atom stereocenters. The van der Waals surface area contributed by atoms with Crippen LogP contribution in [-0.4, -0.2) is 30.5 Å². The Labute approximate surface area is 157 Å². The minimum Gasteiger partial charge on any atom is -0.495 e. The van der Waals surface area contributed by atoms with Gasteiger partial charge in [-0.05, 0) is 48.7 Å². The molecule has 0 aliphatic heterocycles. The normalized spacial score (nSPS) is 13.8. The maximum absolute atomic E-state index is 12.5. The zero-order valence-corrected chi connectivity index (χ0v) is 15.5. The van der Waals surface area contributed by atoms with Crippen molar-refractivity contribution in [2.45, 2.75) is 25.4 Å². The lowest BCUT2D eigenvalue weighted by atomic mass is 10.2. The number of hydrogen-bond donors (Lipinski definition) is 1. The smallest absolute Gasteiger partial charge is 0.238 e. The number of carbonyl (C=O) groups excluding carboxylic acids is 1. The Morgan fingerprint density at radius 1 is 1.16 bits per heavy atom. The fourth-order valence-electron chi connectivity index (χ4n) is 2.73. The number of anilines is 1. The van der Waals surface area contributed by atoms with Crippen molar-refractivity contribution in [2.24, 2.45) is 0 Å². The van der Waals surface area contributed by atoms with Crippen molar-refractivity contribution in [3.63, 3.8) is 0 Å². The van der Waals surface area contributed by atoms with Crippen LogP contribution in [0.3, 0.4) is 0 Å². The summed E-state index contributed by atoms with van der Waals surface area (Å²) >= 11 is 12.0. The minimum atomic E-state index is -0.0820. The molecule has 4 nitrogen and oxygen atoms in total. The molecule has 1 aliphatic carbocycles. The maximum atomic E-state index is 12.5. The van der Waals surface area contributed by atoms with Crippen molar-refractivity contribution in [2.75, 3.05) is 19.0 Å². The number of methoxy groups -OCH3 is 1. The highest BCUT2D eigenvalue weighted by molar-refractivity contribution is 6.31. The fourth-order valence-corrected chi connectivity index (χ4v) is 3.03. The molecule has 3 rings (SSSR count). The topological polar surface area (TPSA) is 41.6 Å². The van der Waals surface area contributed by atoms with Crippen LogP contribution in [0.15, 0.2) is 42.5 Å². The van der Waals surface area contributed by atoms with Crippen LogP contribution in [0.5, 0.6) is 5.75 Å². The molecule has 1 N–H and O–H groups in total. The van der Waals surface area contributed by atoms with Gasteiger partial charge in [0.1, 0.15) is 5.75 Å². The van der Waals surface area contributed by atoms with Gasteiger partial charge in [-0.15, -0.1) is 0 Å². The number of carbonyl (C=O) groups is 1. The van der Waals surface area contributed by atoms with Gasteiger partial charge >= 0.3 is 0 Å². The first-order valence-electron chi connectivity index (χ1n) is 8.17. The van der Waals surface area contributed by atoms with Crippen molar-refractivity contribution in [3.8, 4) is 5.75 Å². The van der Waals surface area contributed by atoms with E-state index in [4.69, 9.17) is 27.9 Å². The van der Waals surface area contributed by atoms with Gasteiger partial charge in [-0.2, -0.15) is 0 Å². The number of hydrogen-bond acceptors (Lipinski definition) is 3. The van der Waals surface area contributed by atoms with Crippen molar-refractivity contribution < 1.29 is 9.53 Å². The van der Waals surface area contributed by atoms with E-state index in [2.05, 4.69) is 10.2 Å². The summed E-state index contributed by atoms with van der Waals surface area (Å²) in [5.41, 5.74) is 1.73.